The van der Waals surface area contributed by atoms with Gasteiger partial charge >= 0.3 is 0 Å². The maximum Gasteiger partial charge on any atom is 0.242 e. The molecule has 0 radical (unpaired) electrons. The Morgan fingerprint density at radius 3 is 2.21 bits per heavy atom. The Balaban J connectivity index is 3.18. The van der Waals surface area contributed by atoms with Crippen LogP contribution in [0.4, 0.5) is 0 Å². The highest BCUT2D eigenvalue weighted by Gasteiger charge is 2.25. The molecule has 0 aliphatic rings. The number of hydrogen-bond acceptors (Lipinski definition) is 3. The highest BCUT2D eigenvalue weighted by molar-refractivity contribution is 7.89. The summed E-state index contributed by atoms with van der Waals surface area (Å²) in [5.41, 5.74) is 6.88. The van der Waals surface area contributed by atoms with Gasteiger partial charge in [-0.1, -0.05) is 39.0 Å². The van der Waals surface area contributed by atoms with Gasteiger partial charge in [0.2, 0.25) is 10.0 Å². The lowest BCUT2D eigenvalue weighted by Gasteiger charge is -2.28. The van der Waals surface area contributed by atoms with E-state index in [9.17, 15) is 8.42 Å². The fourth-order valence-corrected chi connectivity index (χ4v) is 2.79. The molecular weight excluding hydrogens is 260 g/mol. The number of sulfonamides is 1. The van der Waals surface area contributed by atoms with Crippen molar-refractivity contribution in [1.82, 2.24) is 4.31 Å². The molecule has 0 aromatic heterocycles. The molecular formula is C14H24N2O2S. The average Bonchev–Trinajstić information content (AvgIpc) is 2.28. The Morgan fingerprint density at radius 1 is 1.21 bits per heavy atom. The van der Waals surface area contributed by atoms with Crippen molar-refractivity contribution >= 4 is 10.0 Å². The monoisotopic (exact) mass is 284 g/mol. The van der Waals surface area contributed by atoms with Gasteiger partial charge < -0.3 is 5.73 Å². The van der Waals surface area contributed by atoms with E-state index in [-0.39, 0.29) is 11.5 Å². The van der Waals surface area contributed by atoms with Crippen molar-refractivity contribution in [3.8, 4) is 0 Å². The Hall–Kier alpha value is -0.910. The molecule has 0 saturated carbocycles. The summed E-state index contributed by atoms with van der Waals surface area (Å²) in [6, 6.07) is 6.97. The van der Waals surface area contributed by atoms with Crippen LogP contribution in [0.15, 0.2) is 29.2 Å². The first-order chi connectivity index (χ1) is 8.56. The SMILES string of the molecule is CN(C)S(=O)(=O)c1ccccc1CC(N)C(C)(C)C. The summed E-state index contributed by atoms with van der Waals surface area (Å²) in [5, 5.41) is 0. The van der Waals surface area contributed by atoms with Gasteiger partial charge in [0.25, 0.3) is 0 Å². The van der Waals surface area contributed by atoms with Crippen LogP contribution >= 0.6 is 0 Å². The number of rotatable bonds is 4. The van der Waals surface area contributed by atoms with Gasteiger partial charge in [-0.25, -0.2) is 12.7 Å². The van der Waals surface area contributed by atoms with E-state index >= 15 is 0 Å². The van der Waals surface area contributed by atoms with Crippen LogP contribution in [0.5, 0.6) is 0 Å². The third-order valence-electron chi connectivity index (χ3n) is 3.28. The van der Waals surface area contributed by atoms with E-state index in [2.05, 4.69) is 20.8 Å². The smallest absolute Gasteiger partial charge is 0.242 e. The molecule has 1 atom stereocenters. The summed E-state index contributed by atoms with van der Waals surface area (Å²) in [5.74, 6) is 0. The zero-order valence-electron chi connectivity index (χ0n) is 12.3. The van der Waals surface area contributed by atoms with Crippen molar-refractivity contribution in [2.75, 3.05) is 14.1 Å². The van der Waals surface area contributed by atoms with E-state index in [0.29, 0.717) is 11.3 Å². The fraction of sp³-hybridized carbons (Fsp3) is 0.571. The van der Waals surface area contributed by atoms with Crippen LogP contribution < -0.4 is 5.73 Å². The first-order valence-corrected chi connectivity index (χ1v) is 7.77. The lowest BCUT2D eigenvalue weighted by Crippen LogP contribution is -2.37. The van der Waals surface area contributed by atoms with Gasteiger partial charge in [-0.2, -0.15) is 0 Å². The molecule has 5 heteroatoms. The van der Waals surface area contributed by atoms with Crippen LogP contribution in [0.25, 0.3) is 0 Å². The molecule has 0 spiro atoms. The van der Waals surface area contributed by atoms with Gasteiger partial charge in [0.05, 0.1) is 4.90 Å². The van der Waals surface area contributed by atoms with Crippen molar-refractivity contribution in [2.24, 2.45) is 11.1 Å². The molecule has 0 fully saturated rings. The summed E-state index contributed by atoms with van der Waals surface area (Å²) in [7, 11) is -0.346. The predicted molar refractivity (Wildman–Crippen MR) is 78.4 cm³/mol. The highest BCUT2D eigenvalue weighted by atomic mass is 32.2. The van der Waals surface area contributed by atoms with Crippen LogP contribution in [0.3, 0.4) is 0 Å². The minimum atomic E-state index is -3.42. The molecule has 19 heavy (non-hydrogen) atoms. The van der Waals surface area contributed by atoms with E-state index in [1.165, 1.54) is 18.4 Å². The van der Waals surface area contributed by atoms with Gasteiger partial charge in [0, 0.05) is 20.1 Å². The quantitative estimate of drug-likeness (QED) is 0.918. The summed E-state index contributed by atoms with van der Waals surface area (Å²) in [6.07, 6.45) is 0.548. The van der Waals surface area contributed by atoms with Crippen LogP contribution in [0.2, 0.25) is 0 Å². The second-order valence-electron chi connectivity index (χ2n) is 6.07. The number of benzene rings is 1. The van der Waals surface area contributed by atoms with Crippen molar-refractivity contribution in [1.29, 1.82) is 0 Å². The average molecular weight is 284 g/mol. The number of hydrogen-bond donors (Lipinski definition) is 1. The van der Waals surface area contributed by atoms with Crippen molar-refractivity contribution in [3.63, 3.8) is 0 Å². The molecule has 0 aliphatic carbocycles. The van der Waals surface area contributed by atoms with Crippen LogP contribution in [0.1, 0.15) is 26.3 Å². The first kappa shape index (κ1) is 16.1. The van der Waals surface area contributed by atoms with Crippen molar-refractivity contribution in [2.45, 2.75) is 38.1 Å². The lowest BCUT2D eigenvalue weighted by molar-refractivity contribution is 0.317. The Morgan fingerprint density at radius 2 is 1.74 bits per heavy atom. The maximum atomic E-state index is 12.3. The number of nitrogens with zero attached hydrogens (tertiary/aromatic N) is 1. The predicted octanol–water partition coefficient (Wildman–Crippen LogP) is 1.85. The molecule has 1 aromatic rings. The summed E-state index contributed by atoms with van der Waals surface area (Å²) < 4.78 is 25.8. The maximum absolute atomic E-state index is 12.3. The molecule has 1 rings (SSSR count). The van der Waals surface area contributed by atoms with E-state index in [1.54, 1.807) is 12.1 Å². The molecule has 0 saturated heterocycles. The number of nitrogens with two attached hydrogens (primary N) is 1. The van der Waals surface area contributed by atoms with Crippen LogP contribution in [-0.4, -0.2) is 32.9 Å². The Bertz CT molecular complexity index is 531. The van der Waals surface area contributed by atoms with Gasteiger partial charge in [-0.3, -0.25) is 0 Å². The van der Waals surface area contributed by atoms with Gasteiger partial charge in [-0.15, -0.1) is 0 Å². The minimum Gasteiger partial charge on any atom is -0.327 e. The molecule has 0 bridgehead atoms. The fourth-order valence-electron chi connectivity index (χ4n) is 1.66. The van der Waals surface area contributed by atoms with Crippen molar-refractivity contribution in [3.05, 3.63) is 29.8 Å². The third kappa shape index (κ3) is 3.78. The molecule has 0 aliphatic heterocycles. The second-order valence-corrected chi connectivity index (χ2v) is 8.19. The summed E-state index contributed by atoms with van der Waals surface area (Å²) in [4.78, 5) is 0.347. The standard InChI is InChI=1S/C14H24N2O2S/c1-14(2,3)13(15)10-11-8-6-7-9-12(11)19(17,18)16(4)5/h6-9,13H,10,15H2,1-5H3. The summed E-state index contributed by atoms with van der Waals surface area (Å²) >= 11 is 0. The van der Waals surface area contributed by atoms with E-state index in [1.807, 2.05) is 12.1 Å². The largest absolute Gasteiger partial charge is 0.327 e. The van der Waals surface area contributed by atoms with Gasteiger partial charge in [0.15, 0.2) is 0 Å². The van der Waals surface area contributed by atoms with Crippen LogP contribution in [0, 0.1) is 5.41 Å². The van der Waals surface area contributed by atoms with E-state index in [0.717, 1.165) is 5.56 Å². The van der Waals surface area contributed by atoms with Crippen LogP contribution in [-0.2, 0) is 16.4 Å². The van der Waals surface area contributed by atoms with E-state index < -0.39 is 10.0 Å². The zero-order chi connectivity index (χ0) is 14.8. The Labute approximate surface area is 116 Å². The first-order valence-electron chi connectivity index (χ1n) is 6.33. The normalized spacial score (nSPS) is 14.7. The lowest BCUT2D eigenvalue weighted by atomic mass is 9.84. The van der Waals surface area contributed by atoms with Gasteiger partial charge in [-0.05, 0) is 23.5 Å². The molecule has 108 valence electrons. The van der Waals surface area contributed by atoms with Gasteiger partial charge in [0.1, 0.15) is 0 Å². The molecule has 2 N–H and O–H groups in total. The minimum absolute atomic E-state index is 0.0605. The highest BCUT2D eigenvalue weighted by Crippen LogP contribution is 2.25. The molecule has 4 nitrogen and oxygen atoms in total. The molecule has 1 unspecified atom stereocenters. The Kier molecular flexibility index (Phi) is 4.76. The second kappa shape index (κ2) is 5.61. The molecule has 0 heterocycles. The molecule has 0 amide bonds. The topological polar surface area (TPSA) is 63.4 Å². The molecule has 1 aromatic carbocycles. The van der Waals surface area contributed by atoms with E-state index in [4.69, 9.17) is 5.73 Å². The van der Waals surface area contributed by atoms with Crippen molar-refractivity contribution < 1.29 is 8.42 Å². The zero-order valence-corrected chi connectivity index (χ0v) is 13.2. The third-order valence-corrected chi connectivity index (χ3v) is 5.20. The summed E-state index contributed by atoms with van der Waals surface area (Å²) in [6.45, 7) is 6.17.